The van der Waals surface area contributed by atoms with Crippen LogP contribution in [-0.2, 0) is 14.8 Å². The predicted molar refractivity (Wildman–Crippen MR) is 97.2 cm³/mol. The first kappa shape index (κ1) is 19.0. The van der Waals surface area contributed by atoms with E-state index in [9.17, 15) is 18.3 Å². The highest BCUT2D eigenvalue weighted by molar-refractivity contribution is 7.89. The van der Waals surface area contributed by atoms with Gasteiger partial charge in [-0.05, 0) is 55.7 Å². The molecule has 0 saturated heterocycles. The third kappa shape index (κ3) is 5.04. The lowest BCUT2D eigenvalue weighted by atomic mass is 10.2. The van der Waals surface area contributed by atoms with Gasteiger partial charge < -0.3 is 10.4 Å². The van der Waals surface area contributed by atoms with Crippen molar-refractivity contribution in [2.45, 2.75) is 32.1 Å². The Hall–Kier alpha value is -2.38. The van der Waals surface area contributed by atoms with Crippen LogP contribution in [0.3, 0.4) is 0 Å². The van der Waals surface area contributed by atoms with E-state index in [4.69, 9.17) is 0 Å². The molecule has 0 aliphatic rings. The van der Waals surface area contributed by atoms with Gasteiger partial charge in [0.15, 0.2) is 0 Å². The monoisotopic (exact) mass is 362 g/mol. The van der Waals surface area contributed by atoms with Gasteiger partial charge in [-0.25, -0.2) is 13.1 Å². The molecule has 1 amide bonds. The number of carbonyl (C=O) groups is 1. The number of phenols is 1. The number of phenolic OH excluding ortho intramolecular Hbond substituents is 1. The minimum atomic E-state index is -3.68. The van der Waals surface area contributed by atoms with Crippen LogP contribution in [0.1, 0.15) is 23.1 Å². The van der Waals surface area contributed by atoms with Crippen molar-refractivity contribution < 1.29 is 18.3 Å². The van der Waals surface area contributed by atoms with Gasteiger partial charge in [0.1, 0.15) is 5.75 Å². The summed E-state index contributed by atoms with van der Waals surface area (Å²) in [7, 11) is -3.68. The number of rotatable bonds is 6. The SMILES string of the molecule is Cc1ccc(NC(=O)CCNS(=O)(=O)c2cc(C)ccc2C)c(O)c1. The summed E-state index contributed by atoms with van der Waals surface area (Å²) >= 11 is 0. The highest BCUT2D eigenvalue weighted by Crippen LogP contribution is 2.23. The summed E-state index contributed by atoms with van der Waals surface area (Å²) < 4.78 is 27.1. The van der Waals surface area contributed by atoms with E-state index in [1.54, 1.807) is 37.3 Å². The Morgan fingerprint density at radius 2 is 1.68 bits per heavy atom. The summed E-state index contributed by atoms with van der Waals surface area (Å²) in [5.41, 5.74) is 2.66. The molecule has 0 atom stereocenters. The van der Waals surface area contributed by atoms with Crippen LogP contribution in [0.5, 0.6) is 5.75 Å². The summed E-state index contributed by atoms with van der Waals surface area (Å²) in [4.78, 5) is 12.1. The fraction of sp³-hybridized carbons (Fsp3) is 0.278. The molecule has 2 aromatic rings. The van der Waals surface area contributed by atoms with Crippen LogP contribution >= 0.6 is 0 Å². The molecule has 0 unspecified atom stereocenters. The molecule has 7 heteroatoms. The molecule has 25 heavy (non-hydrogen) atoms. The van der Waals surface area contributed by atoms with Crippen LogP contribution < -0.4 is 10.0 Å². The van der Waals surface area contributed by atoms with Crippen molar-refractivity contribution in [2.24, 2.45) is 0 Å². The standard InChI is InChI=1S/C18H22N2O4S/c1-12-5-7-15(16(21)10-12)20-18(22)8-9-19-25(23,24)17-11-13(2)4-6-14(17)3/h4-7,10-11,19,21H,8-9H2,1-3H3,(H,20,22). The molecule has 0 aliphatic carbocycles. The lowest BCUT2D eigenvalue weighted by Gasteiger charge is -2.11. The molecule has 3 N–H and O–H groups in total. The quantitative estimate of drug-likeness (QED) is 0.688. The molecule has 0 heterocycles. The molecule has 2 aromatic carbocycles. The molecule has 0 aromatic heterocycles. The number of nitrogens with one attached hydrogen (secondary N) is 2. The summed E-state index contributed by atoms with van der Waals surface area (Å²) in [5.74, 6) is -0.410. The third-order valence-corrected chi connectivity index (χ3v) is 5.31. The Morgan fingerprint density at radius 1 is 1.04 bits per heavy atom. The van der Waals surface area contributed by atoms with Gasteiger partial charge in [-0.2, -0.15) is 0 Å². The first-order valence-electron chi connectivity index (χ1n) is 7.85. The molecule has 134 valence electrons. The second kappa shape index (κ2) is 7.67. The zero-order chi connectivity index (χ0) is 18.6. The number of anilines is 1. The van der Waals surface area contributed by atoms with Gasteiger partial charge >= 0.3 is 0 Å². The number of aromatic hydroxyl groups is 1. The Morgan fingerprint density at radius 3 is 2.36 bits per heavy atom. The van der Waals surface area contributed by atoms with Crippen molar-refractivity contribution in [2.75, 3.05) is 11.9 Å². The summed E-state index contributed by atoms with van der Waals surface area (Å²) in [6.45, 7) is 5.34. The van der Waals surface area contributed by atoms with E-state index < -0.39 is 10.0 Å². The lowest BCUT2D eigenvalue weighted by Crippen LogP contribution is -2.28. The van der Waals surface area contributed by atoms with E-state index in [0.717, 1.165) is 11.1 Å². The second-order valence-corrected chi connectivity index (χ2v) is 7.72. The average molecular weight is 362 g/mol. The predicted octanol–water partition coefficient (Wildman–Crippen LogP) is 2.62. The maximum atomic E-state index is 12.4. The number of amides is 1. The normalized spacial score (nSPS) is 11.3. The Kier molecular flexibility index (Phi) is 5.81. The molecular formula is C18H22N2O4S. The number of aryl methyl sites for hydroxylation is 3. The molecular weight excluding hydrogens is 340 g/mol. The molecule has 0 spiro atoms. The molecule has 0 radical (unpaired) electrons. The molecule has 0 aliphatic heterocycles. The molecule has 2 rings (SSSR count). The van der Waals surface area contributed by atoms with Crippen LogP contribution in [0.25, 0.3) is 0 Å². The van der Waals surface area contributed by atoms with Gasteiger partial charge in [0.2, 0.25) is 15.9 Å². The number of sulfonamides is 1. The number of hydrogen-bond acceptors (Lipinski definition) is 4. The largest absolute Gasteiger partial charge is 0.506 e. The van der Waals surface area contributed by atoms with Gasteiger partial charge in [-0.15, -0.1) is 0 Å². The van der Waals surface area contributed by atoms with Crippen molar-refractivity contribution >= 4 is 21.6 Å². The molecule has 6 nitrogen and oxygen atoms in total. The Labute approximate surface area is 147 Å². The zero-order valence-electron chi connectivity index (χ0n) is 14.5. The smallest absolute Gasteiger partial charge is 0.240 e. The lowest BCUT2D eigenvalue weighted by molar-refractivity contribution is -0.116. The maximum absolute atomic E-state index is 12.4. The van der Waals surface area contributed by atoms with Crippen molar-refractivity contribution in [1.29, 1.82) is 0 Å². The molecule has 0 fully saturated rings. The first-order chi connectivity index (χ1) is 11.7. The maximum Gasteiger partial charge on any atom is 0.240 e. The van der Waals surface area contributed by atoms with E-state index in [1.807, 2.05) is 19.9 Å². The number of hydrogen-bond donors (Lipinski definition) is 3. The Bertz CT molecular complexity index is 892. The van der Waals surface area contributed by atoms with Gasteiger partial charge in [-0.3, -0.25) is 4.79 Å². The van der Waals surface area contributed by atoms with E-state index >= 15 is 0 Å². The average Bonchev–Trinajstić information content (AvgIpc) is 2.52. The molecule has 0 saturated carbocycles. The third-order valence-electron chi connectivity index (χ3n) is 3.70. The van der Waals surface area contributed by atoms with Gasteiger partial charge in [0.25, 0.3) is 0 Å². The highest BCUT2D eigenvalue weighted by atomic mass is 32.2. The van der Waals surface area contributed by atoms with Crippen LogP contribution in [0, 0.1) is 20.8 Å². The van der Waals surface area contributed by atoms with E-state index in [1.165, 1.54) is 0 Å². The van der Waals surface area contributed by atoms with Crippen molar-refractivity contribution in [3.63, 3.8) is 0 Å². The van der Waals surface area contributed by atoms with E-state index in [-0.39, 0.29) is 29.5 Å². The van der Waals surface area contributed by atoms with Gasteiger partial charge in [0, 0.05) is 13.0 Å². The highest BCUT2D eigenvalue weighted by Gasteiger charge is 2.17. The number of benzene rings is 2. The summed E-state index contributed by atoms with van der Waals surface area (Å²) in [6.07, 6.45) is -0.0442. The van der Waals surface area contributed by atoms with Crippen LogP contribution in [-0.4, -0.2) is 26.0 Å². The zero-order valence-corrected chi connectivity index (χ0v) is 15.3. The topological polar surface area (TPSA) is 95.5 Å². The second-order valence-electron chi connectivity index (χ2n) is 5.99. The minimum absolute atomic E-state index is 0.0238. The van der Waals surface area contributed by atoms with Crippen molar-refractivity contribution in [1.82, 2.24) is 4.72 Å². The Balaban J connectivity index is 1.95. The summed E-state index contributed by atoms with van der Waals surface area (Å²) in [6, 6.07) is 10.1. The fourth-order valence-electron chi connectivity index (χ4n) is 2.33. The van der Waals surface area contributed by atoms with Gasteiger partial charge in [0.05, 0.1) is 10.6 Å². The van der Waals surface area contributed by atoms with E-state index in [0.29, 0.717) is 11.3 Å². The summed E-state index contributed by atoms with van der Waals surface area (Å²) in [5, 5.41) is 12.3. The van der Waals surface area contributed by atoms with Crippen molar-refractivity contribution in [3.05, 3.63) is 53.1 Å². The van der Waals surface area contributed by atoms with Crippen LogP contribution in [0.2, 0.25) is 0 Å². The van der Waals surface area contributed by atoms with Crippen molar-refractivity contribution in [3.8, 4) is 5.75 Å². The van der Waals surface area contributed by atoms with E-state index in [2.05, 4.69) is 10.0 Å². The first-order valence-corrected chi connectivity index (χ1v) is 9.34. The molecule has 0 bridgehead atoms. The number of carbonyl (C=O) groups excluding carboxylic acids is 1. The van der Waals surface area contributed by atoms with Gasteiger partial charge in [-0.1, -0.05) is 18.2 Å². The van der Waals surface area contributed by atoms with Crippen LogP contribution in [0.15, 0.2) is 41.3 Å². The fourth-order valence-corrected chi connectivity index (χ4v) is 3.69. The minimum Gasteiger partial charge on any atom is -0.506 e. The van der Waals surface area contributed by atoms with Crippen LogP contribution in [0.4, 0.5) is 5.69 Å².